The summed E-state index contributed by atoms with van der Waals surface area (Å²) in [5.74, 6) is 0.986. The van der Waals surface area contributed by atoms with Gasteiger partial charge in [0.25, 0.3) is 0 Å². The lowest BCUT2D eigenvalue weighted by molar-refractivity contribution is -0.120. The van der Waals surface area contributed by atoms with Gasteiger partial charge in [-0.3, -0.25) is 4.79 Å². The first kappa shape index (κ1) is 17.3. The SMILES string of the molecule is CC1(C)Cc2cccc(OCCNC(=O)Cc3cccc(F)c3)c2O1. The molecule has 0 atom stereocenters. The molecule has 2 aromatic carbocycles. The molecule has 132 valence electrons. The van der Waals surface area contributed by atoms with Gasteiger partial charge in [0, 0.05) is 12.0 Å². The summed E-state index contributed by atoms with van der Waals surface area (Å²) in [5.41, 5.74) is 1.56. The third-order valence-corrected chi connectivity index (χ3v) is 3.99. The average molecular weight is 343 g/mol. The van der Waals surface area contributed by atoms with Crippen molar-refractivity contribution in [1.82, 2.24) is 5.32 Å². The summed E-state index contributed by atoms with van der Waals surface area (Å²) in [6, 6.07) is 11.9. The summed E-state index contributed by atoms with van der Waals surface area (Å²) in [5, 5.41) is 2.78. The molecular weight excluding hydrogens is 321 g/mol. The molecule has 0 saturated carbocycles. The Morgan fingerprint density at radius 1 is 1.28 bits per heavy atom. The van der Waals surface area contributed by atoms with E-state index in [1.807, 2.05) is 32.0 Å². The fourth-order valence-corrected chi connectivity index (χ4v) is 2.95. The molecular formula is C20H22FNO3. The minimum atomic E-state index is -0.338. The van der Waals surface area contributed by atoms with Gasteiger partial charge in [0.15, 0.2) is 11.5 Å². The van der Waals surface area contributed by atoms with E-state index in [9.17, 15) is 9.18 Å². The molecule has 25 heavy (non-hydrogen) atoms. The van der Waals surface area contributed by atoms with Crippen molar-refractivity contribution < 1.29 is 18.7 Å². The molecule has 1 heterocycles. The topological polar surface area (TPSA) is 47.6 Å². The van der Waals surface area contributed by atoms with E-state index in [0.717, 1.165) is 17.7 Å². The van der Waals surface area contributed by atoms with Crippen molar-refractivity contribution in [2.45, 2.75) is 32.3 Å². The van der Waals surface area contributed by atoms with E-state index in [1.54, 1.807) is 12.1 Å². The predicted molar refractivity (Wildman–Crippen MR) is 93.5 cm³/mol. The number of hydrogen-bond donors (Lipinski definition) is 1. The third kappa shape index (κ3) is 4.50. The number of nitrogens with one attached hydrogen (secondary N) is 1. The number of hydrogen-bond acceptors (Lipinski definition) is 3. The molecule has 0 aliphatic carbocycles. The Bertz CT molecular complexity index is 773. The van der Waals surface area contributed by atoms with Gasteiger partial charge in [0.2, 0.25) is 5.91 Å². The van der Waals surface area contributed by atoms with E-state index in [4.69, 9.17) is 9.47 Å². The maximum atomic E-state index is 13.1. The molecule has 0 aromatic heterocycles. The van der Waals surface area contributed by atoms with Crippen LogP contribution in [0.3, 0.4) is 0 Å². The Morgan fingerprint density at radius 3 is 2.88 bits per heavy atom. The summed E-state index contributed by atoms with van der Waals surface area (Å²) in [6.45, 7) is 4.81. The van der Waals surface area contributed by atoms with Gasteiger partial charge in [-0.15, -0.1) is 0 Å². The van der Waals surface area contributed by atoms with Gasteiger partial charge >= 0.3 is 0 Å². The van der Waals surface area contributed by atoms with E-state index < -0.39 is 0 Å². The highest BCUT2D eigenvalue weighted by Crippen LogP contribution is 2.41. The zero-order valence-electron chi connectivity index (χ0n) is 14.5. The summed E-state index contributed by atoms with van der Waals surface area (Å²) in [6.07, 6.45) is 1.000. The second-order valence-corrected chi connectivity index (χ2v) is 6.79. The van der Waals surface area contributed by atoms with Crippen molar-refractivity contribution in [2.24, 2.45) is 0 Å². The Labute approximate surface area is 147 Å². The van der Waals surface area contributed by atoms with E-state index in [1.165, 1.54) is 12.1 Å². The van der Waals surface area contributed by atoms with Crippen molar-refractivity contribution in [3.63, 3.8) is 0 Å². The van der Waals surface area contributed by atoms with Crippen molar-refractivity contribution in [1.29, 1.82) is 0 Å². The molecule has 0 radical (unpaired) electrons. The molecule has 0 spiro atoms. The molecule has 3 rings (SSSR count). The number of rotatable bonds is 6. The van der Waals surface area contributed by atoms with Gasteiger partial charge in [0.05, 0.1) is 13.0 Å². The van der Waals surface area contributed by atoms with Crippen LogP contribution in [0.25, 0.3) is 0 Å². The van der Waals surface area contributed by atoms with Gasteiger partial charge in [-0.05, 0) is 37.6 Å². The highest BCUT2D eigenvalue weighted by molar-refractivity contribution is 5.78. The van der Waals surface area contributed by atoms with Crippen LogP contribution in [0.2, 0.25) is 0 Å². The molecule has 1 N–H and O–H groups in total. The van der Waals surface area contributed by atoms with E-state index >= 15 is 0 Å². The predicted octanol–water partition coefficient (Wildman–Crippen LogP) is 3.28. The second kappa shape index (κ2) is 7.13. The highest BCUT2D eigenvalue weighted by Gasteiger charge is 2.32. The zero-order valence-corrected chi connectivity index (χ0v) is 14.5. The van der Waals surface area contributed by atoms with Crippen LogP contribution in [-0.4, -0.2) is 24.7 Å². The molecule has 4 nitrogen and oxygen atoms in total. The second-order valence-electron chi connectivity index (χ2n) is 6.79. The maximum absolute atomic E-state index is 13.1. The van der Waals surface area contributed by atoms with Gasteiger partial charge in [-0.1, -0.05) is 24.3 Å². The first-order chi connectivity index (χ1) is 11.9. The molecule has 1 amide bonds. The molecule has 0 unspecified atom stereocenters. The van der Waals surface area contributed by atoms with Crippen molar-refractivity contribution in [2.75, 3.05) is 13.2 Å². The van der Waals surface area contributed by atoms with Crippen LogP contribution < -0.4 is 14.8 Å². The Balaban J connectivity index is 1.47. The lowest BCUT2D eigenvalue weighted by atomic mass is 10.0. The number of ether oxygens (including phenoxy) is 2. The van der Waals surface area contributed by atoms with Gasteiger partial charge < -0.3 is 14.8 Å². The summed E-state index contributed by atoms with van der Waals surface area (Å²) < 4.78 is 24.8. The number of fused-ring (bicyclic) bond motifs is 1. The number of carbonyl (C=O) groups is 1. The standard InChI is InChI=1S/C20H22FNO3/c1-20(2)13-15-6-4-8-17(19(15)25-20)24-10-9-22-18(23)12-14-5-3-7-16(21)11-14/h3-8,11H,9-10,12-13H2,1-2H3,(H,22,23). The molecule has 1 aliphatic rings. The van der Waals surface area contributed by atoms with Crippen molar-refractivity contribution in [3.05, 3.63) is 59.4 Å². The lowest BCUT2D eigenvalue weighted by Gasteiger charge is -2.18. The number of carbonyl (C=O) groups excluding carboxylic acids is 1. The number of halogens is 1. The van der Waals surface area contributed by atoms with Crippen LogP contribution in [0.5, 0.6) is 11.5 Å². The van der Waals surface area contributed by atoms with Crippen LogP contribution in [0, 0.1) is 5.82 Å². The minimum Gasteiger partial charge on any atom is -0.488 e. The maximum Gasteiger partial charge on any atom is 0.224 e. The van der Waals surface area contributed by atoms with Gasteiger partial charge in [-0.25, -0.2) is 4.39 Å². The minimum absolute atomic E-state index is 0.149. The average Bonchev–Trinajstić information content (AvgIpc) is 2.86. The van der Waals surface area contributed by atoms with E-state index in [0.29, 0.717) is 24.5 Å². The molecule has 5 heteroatoms. The molecule has 0 bridgehead atoms. The highest BCUT2D eigenvalue weighted by atomic mass is 19.1. The first-order valence-corrected chi connectivity index (χ1v) is 8.38. The summed E-state index contributed by atoms with van der Waals surface area (Å²) in [7, 11) is 0. The zero-order chi connectivity index (χ0) is 17.9. The van der Waals surface area contributed by atoms with Gasteiger partial charge in [-0.2, -0.15) is 0 Å². The smallest absolute Gasteiger partial charge is 0.224 e. The molecule has 0 saturated heterocycles. The summed E-state index contributed by atoms with van der Waals surface area (Å²) in [4.78, 5) is 11.9. The lowest BCUT2D eigenvalue weighted by Crippen LogP contribution is -2.29. The monoisotopic (exact) mass is 343 g/mol. The van der Waals surface area contributed by atoms with Gasteiger partial charge in [0.1, 0.15) is 18.0 Å². The normalized spacial score (nSPS) is 14.5. The Morgan fingerprint density at radius 2 is 2.08 bits per heavy atom. The quantitative estimate of drug-likeness (QED) is 0.819. The van der Waals surface area contributed by atoms with Crippen LogP contribution in [0.4, 0.5) is 4.39 Å². The third-order valence-electron chi connectivity index (χ3n) is 3.99. The molecule has 0 fully saturated rings. The van der Waals surface area contributed by atoms with E-state index in [2.05, 4.69) is 5.32 Å². The number of amides is 1. The fourth-order valence-electron chi connectivity index (χ4n) is 2.95. The van der Waals surface area contributed by atoms with Crippen LogP contribution >= 0.6 is 0 Å². The van der Waals surface area contributed by atoms with E-state index in [-0.39, 0.29) is 23.7 Å². The Kier molecular flexibility index (Phi) is 4.93. The van der Waals surface area contributed by atoms with Crippen LogP contribution in [-0.2, 0) is 17.6 Å². The largest absolute Gasteiger partial charge is 0.488 e. The fraction of sp³-hybridized carbons (Fsp3) is 0.350. The molecule has 2 aromatic rings. The molecule has 1 aliphatic heterocycles. The van der Waals surface area contributed by atoms with Crippen molar-refractivity contribution in [3.8, 4) is 11.5 Å². The number of para-hydroxylation sites is 1. The Hall–Kier alpha value is -2.56. The van der Waals surface area contributed by atoms with Crippen LogP contribution in [0.15, 0.2) is 42.5 Å². The van der Waals surface area contributed by atoms with Crippen molar-refractivity contribution >= 4 is 5.91 Å². The van der Waals surface area contributed by atoms with Crippen LogP contribution in [0.1, 0.15) is 25.0 Å². The first-order valence-electron chi connectivity index (χ1n) is 8.38. The number of benzene rings is 2. The summed E-state index contributed by atoms with van der Waals surface area (Å²) >= 11 is 0.